The van der Waals surface area contributed by atoms with Crippen molar-refractivity contribution < 1.29 is 27.9 Å². The van der Waals surface area contributed by atoms with Crippen LogP contribution in [-0.4, -0.2) is 60.3 Å². The van der Waals surface area contributed by atoms with Crippen molar-refractivity contribution in [3.8, 4) is 0 Å². The minimum Gasteiger partial charge on any atom is -0.481 e. The standard InChI is InChI=1S/C9H15F3N2O3/c1-13(5-3-7(15)16)8(17)14(2)6-4-9(10,11)12/h3-6H2,1-2H3,(H,15,16). The molecule has 0 fully saturated rings. The van der Waals surface area contributed by atoms with Gasteiger partial charge < -0.3 is 14.9 Å². The van der Waals surface area contributed by atoms with E-state index in [2.05, 4.69) is 0 Å². The fraction of sp³-hybridized carbons (Fsp3) is 0.778. The summed E-state index contributed by atoms with van der Waals surface area (Å²) in [5, 5.41) is 8.39. The molecule has 0 atom stereocenters. The highest BCUT2D eigenvalue weighted by Crippen LogP contribution is 2.19. The van der Waals surface area contributed by atoms with Gasteiger partial charge in [0.1, 0.15) is 0 Å². The van der Waals surface area contributed by atoms with Crippen LogP contribution in [0.2, 0.25) is 0 Å². The van der Waals surface area contributed by atoms with Crippen LogP contribution in [0.25, 0.3) is 0 Å². The van der Waals surface area contributed by atoms with Crippen LogP contribution in [0.5, 0.6) is 0 Å². The highest BCUT2D eigenvalue weighted by molar-refractivity contribution is 5.74. The largest absolute Gasteiger partial charge is 0.481 e. The number of hydrogen-bond acceptors (Lipinski definition) is 2. The lowest BCUT2D eigenvalue weighted by Gasteiger charge is -2.24. The van der Waals surface area contributed by atoms with Crippen molar-refractivity contribution in [2.24, 2.45) is 0 Å². The monoisotopic (exact) mass is 256 g/mol. The SMILES string of the molecule is CN(CCC(=O)O)C(=O)N(C)CCC(F)(F)F. The summed E-state index contributed by atoms with van der Waals surface area (Å²) in [7, 11) is 2.58. The number of aliphatic carboxylic acids is 1. The predicted molar refractivity (Wildman–Crippen MR) is 53.6 cm³/mol. The molecule has 0 spiro atoms. The topological polar surface area (TPSA) is 60.9 Å². The van der Waals surface area contributed by atoms with Crippen LogP contribution < -0.4 is 0 Å². The number of rotatable bonds is 5. The molecule has 0 bridgehead atoms. The van der Waals surface area contributed by atoms with Gasteiger partial charge in [-0.1, -0.05) is 0 Å². The summed E-state index contributed by atoms with van der Waals surface area (Å²) in [6, 6.07) is -0.629. The molecule has 0 heterocycles. The number of alkyl halides is 3. The summed E-state index contributed by atoms with van der Waals surface area (Å²) >= 11 is 0. The summed E-state index contributed by atoms with van der Waals surface area (Å²) in [5.74, 6) is -1.07. The molecule has 100 valence electrons. The Labute approximate surface area is 96.8 Å². The quantitative estimate of drug-likeness (QED) is 0.808. The Balaban J connectivity index is 4.07. The number of urea groups is 1. The average molecular weight is 256 g/mol. The van der Waals surface area contributed by atoms with Crippen molar-refractivity contribution in [2.75, 3.05) is 27.2 Å². The van der Waals surface area contributed by atoms with Crippen molar-refractivity contribution in [1.82, 2.24) is 9.80 Å². The number of carbonyl (C=O) groups is 2. The van der Waals surface area contributed by atoms with Crippen LogP contribution >= 0.6 is 0 Å². The Bertz CT molecular complexity index is 281. The van der Waals surface area contributed by atoms with E-state index in [1.54, 1.807) is 0 Å². The van der Waals surface area contributed by atoms with Gasteiger partial charge in [-0.15, -0.1) is 0 Å². The molecule has 0 rings (SSSR count). The van der Waals surface area contributed by atoms with Crippen molar-refractivity contribution in [2.45, 2.75) is 19.0 Å². The Morgan fingerprint density at radius 1 is 1.12 bits per heavy atom. The van der Waals surface area contributed by atoms with Crippen molar-refractivity contribution in [3.05, 3.63) is 0 Å². The van der Waals surface area contributed by atoms with Gasteiger partial charge >= 0.3 is 18.2 Å². The number of carboxylic acid groups (broad SMARTS) is 1. The number of nitrogens with zero attached hydrogens (tertiary/aromatic N) is 2. The molecule has 0 aliphatic rings. The summed E-state index contributed by atoms with van der Waals surface area (Å²) in [6.07, 6.45) is -5.63. The van der Waals surface area contributed by atoms with Gasteiger partial charge in [-0.3, -0.25) is 4.79 Å². The number of carbonyl (C=O) groups excluding carboxylic acids is 1. The van der Waals surface area contributed by atoms with Crippen LogP contribution in [0.4, 0.5) is 18.0 Å². The summed E-state index contributed by atoms with van der Waals surface area (Å²) in [5.41, 5.74) is 0. The van der Waals surface area contributed by atoms with Gasteiger partial charge in [-0.25, -0.2) is 4.79 Å². The smallest absolute Gasteiger partial charge is 0.390 e. The van der Waals surface area contributed by atoms with Gasteiger partial charge in [-0.05, 0) is 0 Å². The van der Waals surface area contributed by atoms with Crippen LogP contribution in [0.15, 0.2) is 0 Å². The van der Waals surface area contributed by atoms with Crippen molar-refractivity contribution in [1.29, 1.82) is 0 Å². The third-order valence-electron chi connectivity index (χ3n) is 2.04. The molecule has 0 aliphatic heterocycles. The van der Waals surface area contributed by atoms with Crippen LogP contribution in [0.1, 0.15) is 12.8 Å². The molecule has 0 saturated heterocycles. The van der Waals surface area contributed by atoms with Gasteiger partial charge in [0.05, 0.1) is 12.8 Å². The number of carboxylic acids is 1. The second-order valence-corrected chi connectivity index (χ2v) is 3.63. The highest BCUT2D eigenvalue weighted by Gasteiger charge is 2.28. The Morgan fingerprint density at radius 3 is 2.00 bits per heavy atom. The van der Waals surface area contributed by atoms with E-state index in [0.29, 0.717) is 0 Å². The first-order valence-corrected chi connectivity index (χ1v) is 4.88. The zero-order valence-electron chi connectivity index (χ0n) is 9.62. The Hall–Kier alpha value is -1.47. The zero-order chi connectivity index (χ0) is 13.6. The summed E-state index contributed by atoms with van der Waals surface area (Å²) in [4.78, 5) is 23.7. The van der Waals surface area contributed by atoms with Crippen LogP contribution in [-0.2, 0) is 4.79 Å². The lowest BCUT2D eigenvalue weighted by molar-refractivity contribution is -0.137. The highest BCUT2D eigenvalue weighted by atomic mass is 19.4. The molecule has 0 aromatic rings. The molecular weight excluding hydrogens is 241 g/mol. The lowest BCUT2D eigenvalue weighted by atomic mass is 10.4. The van der Waals surface area contributed by atoms with E-state index in [4.69, 9.17) is 5.11 Å². The Kier molecular flexibility index (Phi) is 5.77. The zero-order valence-corrected chi connectivity index (χ0v) is 9.62. The second kappa shape index (κ2) is 6.31. The van der Waals surface area contributed by atoms with Gasteiger partial charge in [0.2, 0.25) is 0 Å². The van der Waals surface area contributed by atoms with E-state index in [1.807, 2.05) is 0 Å². The van der Waals surface area contributed by atoms with E-state index in [-0.39, 0.29) is 13.0 Å². The normalized spacial score (nSPS) is 11.1. The summed E-state index contributed by atoms with van der Waals surface area (Å²) < 4.78 is 35.7. The fourth-order valence-electron chi connectivity index (χ4n) is 1.04. The maximum atomic E-state index is 11.9. The molecule has 2 amide bonds. The third kappa shape index (κ3) is 7.42. The lowest BCUT2D eigenvalue weighted by Crippen LogP contribution is -2.41. The van der Waals surface area contributed by atoms with E-state index in [0.717, 1.165) is 9.80 Å². The maximum absolute atomic E-state index is 11.9. The molecule has 17 heavy (non-hydrogen) atoms. The van der Waals surface area contributed by atoms with Crippen molar-refractivity contribution in [3.63, 3.8) is 0 Å². The van der Waals surface area contributed by atoms with E-state index in [9.17, 15) is 22.8 Å². The van der Waals surface area contributed by atoms with E-state index < -0.39 is 31.1 Å². The first-order chi connectivity index (χ1) is 7.63. The molecule has 0 aromatic heterocycles. The fourth-order valence-corrected chi connectivity index (χ4v) is 1.04. The molecule has 0 radical (unpaired) electrons. The van der Waals surface area contributed by atoms with Gasteiger partial charge in [0, 0.05) is 27.2 Å². The molecule has 1 N–H and O–H groups in total. The molecule has 0 unspecified atom stereocenters. The van der Waals surface area contributed by atoms with Gasteiger partial charge in [0.25, 0.3) is 0 Å². The van der Waals surface area contributed by atoms with Crippen LogP contribution in [0.3, 0.4) is 0 Å². The molecule has 0 aliphatic carbocycles. The molecule has 8 heteroatoms. The first kappa shape index (κ1) is 15.5. The summed E-state index contributed by atoms with van der Waals surface area (Å²) in [6.45, 7) is -0.482. The Morgan fingerprint density at radius 2 is 1.59 bits per heavy atom. The van der Waals surface area contributed by atoms with Gasteiger partial charge in [-0.2, -0.15) is 13.2 Å². The van der Waals surface area contributed by atoms with E-state index >= 15 is 0 Å². The molecular formula is C9H15F3N2O3. The van der Waals surface area contributed by atoms with Crippen LogP contribution in [0, 0.1) is 0 Å². The van der Waals surface area contributed by atoms with E-state index in [1.165, 1.54) is 14.1 Å². The average Bonchev–Trinajstić information content (AvgIpc) is 2.20. The third-order valence-corrected chi connectivity index (χ3v) is 2.04. The minimum absolute atomic E-state index is 0.0372. The number of halogens is 3. The van der Waals surface area contributed by atoms with Gasteiger partial charge in [0.15, 0.2) is 0 Å². The predicted octanol–water partition coefficient (Wildman–Crippen LogP) is 1.40. The minimum atomic E-state index is -4.31. The second-order valence-electron chi connectivity index (χ2n) is 3.63. The molecule has 5 nitrogen and oxygen atoms in total. The number of hydrogen-bond donors (Lipinski definition) is 1. The molecule has 0 aromatic carbocycles. The number of amides is 2. The van der Waals surface area contributed by atoms with Crippen molar-refractivity contribution >= 4 is 12.0 Å². The maximum Gasteiger partial charge on any atom is 0.390 e. The molecule has 0 saturated carbocycles. The first-order valence-electron chi connectivity index (χ1n) is 4.88.